The summed E-state index contributed by atoms with van der Waals surface area (Å²) in [6.07, 6.45) is 7.15. The van der Waals surface area contributed by atoms with Gasteiger partial charge in [-0.25, -0.2) is 13.1 Å². The van der Waals surface area contributed by atoms with Gasteiger partial charge in [0.15, 0.2) is 0 Å². The molecule has 0 bridgehead atoms. The molecule has 1 atom stereocenters. The van der Waals surface area contributed by atoms with E-state index < -0.39 is 10.0 Å². The fourth-order valence-electron chi connectivity index (χ4n) is 3.22. The van der Waals surface area contributed by atoms with Gasteiger partial charge in [-0.15, -0.1) is 0 Å². The molecule has 19 heavy (non-hydrogen) atoms. The Balaban J connectivity index is 1.99. The normalized spacial score (nSPS) is 25.7. The second-order valence-corrected chi connectivity index (χ2v) is 7.62. The van der Waals surface area contributed by atoms with Gasteiger partial charge in [0.2, 0.25) is 15.9 Å². The van der Waals surface area contributed by atoms with Crippen LogP contribution in [-0.2, 0) is 14.8 Å². The number of carbonyl (C=O) groups is 1. The molecule has 110 valence electrons. The molecule has 1 N–H and O–H groups in total. The standard InChI is InChI=1S/C13H24N2O3S/c1-14-19(17,18)10-12-8-5-9-15(12)13(16)11-6-3-2-4-7-11/h11-12,14H,2-10H2,1H3/t12-/m1/s1. The van der Waals surface area contributed by atoms with Gasteiger partial charge >= 0.3 is 0 Å². The Labute approximate surface area is 115 Å². The van der Waals surface area contributed by atoms with E-state index in [9.17, 15) is 13.2 Å². The van der Waals surface area contributed by atoms with Crippen molar-refractivity contribution in [3.05, 3.63) is 0 Å². The minimum absolute atomic E-state index is 0.0436. The lowest BCUT2D eigenvalue weighted by atomic mass is 9.88. The molecule has 1 saturated carbocycles. The van der Waals surface area contributed by atoms with Gasteiger partial charge in [-0.1, -0.05) is 19.3 Å². The fourth-order valence-corrected chi connectivity index (χ4v) is 4.24. The van der Waals surface area contributed by atoms with E-state index >= 15 is 0 Å². The Kier molecular flexibility index (Phi) is 4.84. The molecule has 0 aromatic heterocycles. The van der Waals surface area contributed by atoms with Crippen LogP contribution in [-0.4, -0.2) is 44.6 Å². The van der Waals surface area contributed by atoms with Gasteiger partial charge in [-0.3, -0.25) is 4.79 Å². The van der Waals surface area contributed by atoms with Gasteiger partial charge in [-0.05, 0) is 32.7 Å². The number of carbonyl (C=O) groups excluding carboxylic acids is 1. The average Bonchev–Trinajstić information content (AvgIpc) is 2.86. The van der Waals surface area contributed by atoms with E-state index in [1.807, 2.05) is 4.90 Å². The number of nitrogens with zero attached hydrogens (tertiary/aromatic N) is 1. The van der Waals surface area contributed by atoms with Crippen LogP contribution in [0.25, 0.3) is 0 Å². The van der Waals surface area contributed by atoms with Crippen LogP contribution >= 0.6 is 0 Å². The van der Waals surface area contributed by atoms with Gasteiger partial charge in [0.05, 0.1) is 5.75 Å². The van der Waals surface area contributed by atoms with Gasteiger partial charge in [0.25, 0.3) is 0 Å². The predicted molar refractivity (Wildman–Crippen MR) is 74.2 cm³/mol. The van der Waals surface area contributed by atoms with Crippen molar-refractivity contribution >= 4 is 15.9 Å². The van der Waals surface area contributed by atoms with Crippen LogP contribution in [0.3, 0.4) is 0 Å². The summed E-state index contributed by atoms with van der Waals surface area (Å²) >= 11 is 0. The molecular weight excluding hydrogens is 264 g/mol. The molecule has 0 radical (unpaired) electrons. The molecule has 1 heterocycles. The number of nitrogens with one attached hydrogen (secondary N) is 1. The molecule has 1 aliphatic carbocycles. The van der Waals surface area contributed by atoms with E-state index in [4.69, 9.17) is 0 Å². The molecule has 2 rings (SSSR count). The maximum absolute atomic E-state index is 12.5. The summed E-state index contributed by atoms with van der Waals surface area (Å²) in [5.74, 6) is 0.363. The highest BCUT2D eigenvalue weighted by Gasteiger charge is 2.35. The quantitative estimate of drug-likeness (QED) is 0.842. The van der Waals surface area contributed by atoms with Crippen molar-refractivity contribution < 1.29 is 13.2 Å². The zero-order chi connectivity index (χ0) is 13.9. The van der Waals surface area contributed by atoms with E-state index in [-0.39, 0.29) is 23.6 Å². The van der Waals surface area contributed by atoms with Gasteiger partial charge in [0, 0.05) is 18.5 Å². The first kappa shape index (κ1) is 14.8. The third-order valence-corrected chi connectivity index (χ3v) is 5.78. The number of rotatable bonds is 4. The Morgan fingerprint density at radius 3 is 2.47 bits per heavy atom. The van der Waals surface area contributed by atoms with Crippen LogP contribution in [0.2, 0.25) is 0 Å². The summed E-state index contributed by atoms with van der Waals surface area (Å²) in [4.78, 5) is 14.3. The summed E-state index contributed by atoms with van der Waals surface area (Å²) in [6.45, 7) is 0.721. The molecule has 6 heteroatoms. The lowest BCUT2D eigenvalue weighted by Crippen LogP contribution is -2.44. The molecular formula is C13H24N2O3S. The van der Waals surface area contributed by atoms with E-state index in [2.05, 4.69) is 4.72 Å². The maximum atomic E-state index is 12.5. The Morgan fingerprint density at radius 1 is 1.16 bits per heavy atom. The molecule has 1 saturated heterocycles. The highest BCUT2D eigenvalue weighted by molar-refractivity contribution is 7.89. The lowest BCUT2D eigenvalue weighted by molar-refractivity contribution is -0.137. The fraction of sp³-hybridized carbons (Fsp3) is 0.923. The van der Waals surface area contributed by atoms with E-state index in [1.165, 1.54) is 13.5 Å². The van der Waals surface area contributed by atoms with Crippen LogP contribution in [0.1, 0.15) is 44.9 Å². The van der Waals surface area contributed by atoms with Crippen molar-refractivity contribution in [2.75, 3.05) is 19.3 Å². The van der Waals surface area contributed by atoms with Gasteiger partial charge in [0.1, 0.15) is 0 Å². The molecule has 0 spiro atoms. The first-order valence-electron chi connectivity index (χ1n) is 7.25. The Hall–Kier alpha value is -0.620. The topological polar surface area (TPSA) is 66.5 Å². The van der Waals surface area contributed by atoms with Crippen molar-refractivity contribution in [1.82, 2.24) is 9.62 Å². The molecule has 0 unspecified atom stereocenters. The van der Waals surface area contributed by atoms with Crippen molar-refractivity contribution in [2.24, 2.45) is 5.92 Å². The average molecular weight is 288 g/mol. The molecule has 2 fully saturated rings. The summed E-state index contributed by atoms with van der Waals surface area (Å²) in [5.41, 5.74) is 0. The maximum Gasteiger partial charge on any atom is 0.225 e. The van der Waals surface area contributed by atoms with Crippen LogP contribution < -0.4 is 4.72 Å². The lowest BCUT2D eigenvalue weighted by Gasteiger charge is -2.30. The molecule has 1 amide bonds. The molecule has 1 aliphatic heterocycles. The minimum Gasteiger partial charge on any atom is -0.338 e. The van der Waals surface area contributed by atoms with E-state index in [0.29, 0.717) is 0 Å². The van der Waals surface area contributed by atoms with Crippen molar-refractivity contribution in [3.8, 4) is 0 Å². The van der Waals surface area contributed by atoms with Crippen molar-refractivity contribution in [2.45, 2.75) is 51.0 Å². The number of amides is 1. The van der Waals surface area contributed by atoms with Crippen molar-refractivity contribution in [3.63, 3.8) is 0 Å². The van der Waals surface area contributed by atoms with Crippen LogP contribution in [0, 0.1) is 5.92 Å². The van der Waals surface area contributed by atoms with Crippen LogP contribution in [0.4, 0.5) is 0 Å². The van der Waals surface area contributed by atoms with Gasteiger partial charge in [-0.2, -0.15) is 0 Å². The Morgan fingerprint density at radius 2 is 1.84 bits per heavy atom. The molecule has 5 nitrogen and oxygen atoms in total. The monoisotopic (exact) mass is 288 g/mol. The zero-order valence-electron chi connectivity index (χ0n) is 11.6. The number of hydrogen-bond acceptors (Lipinski definition) is 3. The van der Waals surface area contributed by atoms with Gasteiger partial charge < -0.3 is 4.90 Å². The second-order valence-electron chi connectivity index (χ2n) is 5.65. The predicted octanol–water partition coefficient (Wildman–Crippen LogP) is 1.11. The molecule has 2 aliphatic rings. The third kappa shape index (κ3) is 3.69. The number of sulfonamides is 1. The Bertz CT molecular complexity index is 416. The largest absolute Gasteiger partial charge is 0.338 e. The van der Waals surface area contributed by atoms with E-state index in [0.717, 1.165) is 45.1 Å². The van der Waals surface area contributed by atoms with E-state index in [1.54, 1.807) is 0 Å². The summed E-state index contributed by atoms with van der Waals surface area (Å²) in [7, 11) is -1.82. The summed E-state index contributed by atoms with van der Waals surface area (Å²) in [5, 5.41) is 0. The SMILES string of the molecule is CNS(=O)(=O)C[C@H]1CCCN1C(=O)C1CCCCC1. The second kappa shape index (κ2) is 6.22. The molecule has 0 aromatic rings. The highest BCUT2D eigenvalue weighted by Crippen LogP contribution is 2.29. The van der Waals surface area contributed by atoms with Crippen LogP contribution in [0.15, 0.2) is 0 Å². The number of likely N-dealkylation sites (tertiary alicyclic amines) is 1. The molecule has 0 aromatic carbocycles. The smallest absolute Gasteiger partial charge is 0.225 e. The summed E-state index contributed by atoms with van der Waals surface area (Å²) < 4.78 is 25.6. The first-order valence-corrected chi connectivity index (χ1v) is 8.90. The van der Waals surface area contributed by atoms with Crippen molar-refractivity contribution in [1.29, 1.82) is 0 Å². The zero-order valence-corrected chi connectivity index (χ0v) is 12.4. The highest BCUT2D eigenvalue weighted by atomic mass is 32.2. The minimum atomic E-state index is -3.24. The summed E-state index contributed by atoms with van der Waals surface area (Å²) in [6, 6.07) is -0.133. The van der Waals surface area contributed by atoms with Crippen LogP contribution in [0.5, 0.6) is 0 Å². The first-order chi connectivity index (χ1) is 9.03. The third-order valence-electron chi connectivity index (χ3n) is 4.34. The number of hydrogen-bond donors (Lipinski definition) is 1.